The second-order valence-electron chi connectivity index (χ2n) is 3.32. The van der Waals surface area contributed by atoms with Crippen molar-refractivity contribution in [3.05, 3.63) is 51.5 Å². The quantitative estimate of drug-likeness (QED) is 0.773. The maximum atomic E-state index is 9.50. The van der Waals surface area contributed by atoms with Gasteiger partial charge in [-0.2, -0.15) is 0 Å². The van der Waals surface area contributed by atoms with Gasteiger partial charge in [0, 0.05) is 10.0 Å². The van der Waals surface area contributed by atoms with Crippen molar-refractivity contribution < 1.29 is 5.11 Å². The van der Waals surface area contributed by atoms with Crippen molar-refractivity contribution in [2.75, 3.05) is 0 Å². The Morgan fingerprint density at radius 3 is 1.94 bits per heavy atom. The first-order chi connectivity index (χ1) is 7.56. The summed E-state index contributed by atoms with van der Waals surface area (Å²) in [7, 11) is 0. The van der Waals surface area contributed by atoms with Crippen molar-refractivity contribution in [3.63, 3.8) is 0 Å². The van der Waals surface area contributed by atoms with E-state index in [0.717, 1.165) is 11.1 Å². The highest BCUT2D eigenvalue weighted by molar-refractivity contribution is 6.35. The van der Waals surface area contributed by atoms with Crippen LogP contribution in [0.4, 0.5) is 0 Å². The molecule has 0 unspecified atom stereocenters. The van der Waals surface area contributed by atoms with Crippen LogP contribution >= 0.6 is 34.8 Å². The third-order valence-corrected chi connectivity index (χ3v) is 2.90. The summed E-state index contributed by atoms with van der Waals surface area (Å²) in [6.45, 7) is 0. The number of benzene rings is 2. The lowest BCUT2D eigenvalue weighted by atomic mass is 10.1. The largest absolute Gasteiger partial charge is 0.506 e. The number of hydrogen-bond donors (Lipinski definition) is 1. The molecule has 1 nitrogen and oxygen atoms in total. The Hall–Kier alpha value is -0.890. The predicted molar refractivity (Wildman–Crippen MR) is 68.6 cm³/mol. The van der Waals surface area contributed by atoms with Gasteiger partial charge in [0.2, 0.25) is 0 Å². The van der Waals surface area contributed by atoms with Crippen LogP contribution in [-0.4, -0.2) is 5.11 Å². The van der Waals surface area contributed by atoms with E-state index in [0.29, 0.717) is 15.1 Å². The van der Waals surface area contributed by atoms with Crippen LogP contribution in [0.25, 0.3) is 11.1 Å². The van der Waals surface area contributed by atoms with Crippen molar-refractivity contribution >= 4 is 34.8 Å². The molecule has 0 fully saturated rings. The zero-order chi connectivity index (χ0) is 11.7. The molecule has 0 heterocycles. The average Bonchev–Trinajstić information content (AvgIpc) is 2.20. The first-order valence-corrected chi connectivity index (χ1v) is 5.64. The van der Waals surface area contributed by atoms with Gasteiger partial charge >= 0.3 is 0 Å². The molecule has 0 atom stereocenters. The molecular formula is C12H7Cl3O. The number of phenolic OH excluding ortho intramolecular Hbond substituents is 1. The van der Waals surface area contributed by atoms with E-state index in [-0.39, 0.29) is 5.75 Å². The highest BCUT2D eigenvalue weighted by Gasteiger charge is 2.04. The summed E-state index contributed by atoms with van der Waals surface area (Å²) in [6.07, 6.45) is 0. The van der Waals surface area contributed by atoms with Crippen LogP contribution in [0.5, 0.6) is 5.75 Å². The minimum atomic E-state index is 0.0373. The van der Waals surface area contributed by atoms with Gasteiger partial charge in [-0.1, -0.05) is 40.9 Å². The third kappa shape index (κ3) is 2.43. The molecule has 16 heavy (non-hydrogen) atoms. The summed E-state index contributed by atoms with van der Waals surface area (Å²) in [4.78, 5) is 0. The number of rotatable bonds is 1. The molecule has 4 heteroatoms. The van der Waals surface area contributed by atoms with Crippen LogP contribution < -0.4 is 0 Å². The molecule has 0 radical (unpaired) electrons. The number of aromatic hydroxyl groups is 1. The Morgan fingerprint density at radius 1 is 0.750 bits per heavy atom. The summed E-state index contributed by atoms with van der Waals surface area (Å²) in [5, 5.41) is 10.9. The monoisotopic (exact) mass is 272 g/mol. The second-order valence-corrected chi connectivity index (χ2v) is 4.60. The number of phenols is 1. The lowest BCUT2D eigenvalue weighted by Gasteiger charge is -2.05. The van der Waals surface area contributed by atoms with Gasteiger partial charge < -0.3 is 5.11 Å². The van der Waals surface area contributed by atoms with Gasteiger partial charge in [0.25, 0.3) is 0 Å². The standard InChI is InChI=1S/C12H7Cl3O/c13-9-3-8(4-10(14)6-9)7-1-2-11(15)12(16)5-7/h1-6,16H. The van der Waals surface area contributed by atoms with Gasteiger partial charge in [-0.15, -0.1) is 0 Å². The third-order valence-electron chi connectivity index (χ3n) is 2.14. The van der Waals surface area contributed by atoms with Crippen molar-refractivity contribution in [2.45, 2.75) is 0 Å². The zero-order valence-electron chi connectivity index (χ0n) is 8.05. The predicted octanol–water partition coefficient (Wildman–Crippen LogP) is 5.02. The topological polar surface area (TPSA) is 20.2 Å². The fourth-order valence-corrected chi connectivity index (χ4v) is 2.06. The van der Waals surface area contributed by atoms with Crippen LogP contribution in [0, 0.1) is 0 Å². The summed E-state index contributed by atoms with van der Waals surface area (Å²) in [6, 6.07) is 10.2. The van der Waals surface area contributed by atoms with Crippen molar-refractivity contribution in [2.24, 2.45) is 0 Å². The fraction of sp³-hybridized carbons (Fsp3) is 0. The van der Waals surface area contributed by atoms with Crippen LogP contribution in [0.15, 0.2) is 36.4 Å². The molecule has 0 aromatic heterocycles. The number of halogens is 3. The Morgan fingerprint density at radius 2 is 1.38 bits per heavy atom. The first kappa shape index (κ1) is 11.6. The van der Waals surface area contributed by atoms with Gasteiger partial charge in [0.05, 0.1) is 5.02 Å². The molecule has 0 bridgehead atoms. The van der Waals surface area contributed by atoms with E-state index < -0.39 is 0 Å². The van der Waals surface area contributed by atoms with E-state index in [4.69, 9.17) is 34.8 Å². The molecular weight excluding hydrogens is 266 g/mol. The average molecular weight is 274 g/mol. The maximum Gasteiger partial charge on any atom is 0.134 e. The van der Waals surface area contributed by atoms with Gasteiger partial charge in [0.15, 0.2) is 0 Å². The Labute approximate surface area is 108 Å². The summed E-state index contributed by atoms with van der Waals surface area (Å²) in [5.74, 6) is 0.0373. The van der Waals surface area contributed by atoms with E-state index in [1.807, 2.05) is 0 Å². The zero-order valence-corrected chi connectivity index (χ0v) is 10.3. The van der Waals surface area contributed by atoms with Crippen LogP contribution in [0.3, 0.4) is 0 Å². The van der Waals surface area contributed by atoms with Crippen molar-refractivity contribution in [3.8, 4) is 16.9 Å². The molecule has 0 aliphatic carbocycles. The molecule has 2 rings (SSSR count). The normalized spacial score (nSPS) is 10.4. The minimum Gasteiger partial charge on any atom is -0.506 e. The maximum absolute atomic E-state index is 9.50. The molecule has 0 aliphatic heterocycles. The lowest BCUT2D eigenvalue weighted by Crippen LogP contribution is -1.79. The summed E-state index contributed by atoms with van der Waals surface area (Å²) < 4.78 is 0. The van der Waals surface area contributed by atoms with Gasteiger partial charge in [-0.05, 0) is 41.5 Å². The Balaban J connectivity index is 2.54. The van der Waals surface area contributed by atoms with E-state index in [1.165, 1.54) is 0 Å². The molecule has 0 saturated carbocycles. The molecule has 0 aliphatic rings. The Kier molecular flexibility index (Phi) is 3.29. The molecule has 82 valence electrons. The fourth-order valence-electron chi connectivity index (χ4n) is 1.41. The highest BCUT2D eigenvalue weighted by atomic mass is 35.5. The van der Waals surface area contributed by atoms with Gasteiger partial charge in [-0.25, -0.2) is 0 Å². The van der Waals surface area contributed by atoms with Crippen LogP contribution in [0.2, 0.25) is 15.1 Å². The second kappa shape index (κ2) is 4.54. The number of hydrogen-bond acceptors (Lipinski definition) is 1. The summed E-state index contributed by atoms with van der Waals surface area (Å²) in [5.41, 5.74) is 1.65. The van der Waals surface area contributed by atoms with Crippen LogP contribution in [-0.2, 0) is 0 Å². The van der Waals surface area contributed by atoms with E-state index in [2.05, 4.69) is 0 Å². The SMILES string of the molecule is Oc1cc(-c2cc(Cl)cc(Cl)c2)ccc1Cl. The van der Waals surface area contributed by atoms with E-state index >= 15 is 0 Å². The highest BCUT2D eigenvalue weighted by Crippen LogP contribution is 2.32. The first-order valence-electron chi connectivity index (χ1n) is 4.51. The lowest BCUT2D eigenvalue weighted by molar-refractivity contribution is 0.476. The van der Waals surface area contributed by atoms with Crippen LogP contribution in [0.1, 0.15) is 0 Å². The van der Waals surface area contributed by atoms with Crippen molar-refractivity contribution in [1.82, 2.24) is 0 Å². The van der Waals surface area contributed by atoms with Crippen molar-refractivity contribution in [1.29, 1.82) is 0 Å². The molecule has 1 N–H and O–H groups in total. The molecule has 0 spiro atoms. The molecule has 0 amide bonds. The van der Waals surface area contributed by atoms with E-state index in [1.54, 1.807) is 36.4 Å². The molecule has 2 aromatic rings. The van der Waals surface area contributed by atoms with Gasteiger partial charge in [-0.3, -0.25) is 0 Å². The summed E-state index contributed by atoms with van der Waals surface area (Å²) >= 11 is 17.5. The van der Waals surface area contributed by atoms with Gasteiger partial charge in [0.1, 0.15) is 5.75 Å². The molecule has 2 aromatic carbocycles. The molecule has 0 saturated heterocycles. The minimum absolute atomic E-state index is 0.0373. The smallest absolute Gasteiger partial charge is 0.134 e. The van der Waals surface area contributed by atoms with E-state index in [9.17, 15) is 5.11 Å². The Bertz CT molecular complexity index is 518.